The summed E-state index contributed by atoms with van der Waals surface area (Å²) in [5.41, 5.74) is 12.9. The highest BCUT2D eigenvalue weighted by Gasteiger charge is 1.96. The molecule has 2 aromatic carbocycles. The zero-order chi connectivity index (χ0) is 13.5. The van der Waals surface area contributed by atoms with E-state index in [1.165, 1.54) is 0 Å². The standard InChI is InChI=1S/C16H18N2O/c17-12-2-1-3-13-4-8-15(9-5-13)19-16-10-6-14(18)7-11-16/h1,3-11H,2,12,17-18H2. The SMILES string of the molecule is NCCC=Cc1ccc(Oc2ccc(N)cc2)cc1. The molecule has 0 aromatic heterocycles. The van der Waals surface area contributed by atoms with E-state index in [-0.39, 0.29) is 0 Å². The zero-order valence-corrected chi connectivity index (χ0v) is 10.8. The zero-order valence-electron chi connectivity index (χ0n) is 10.8. The first-order valence-electron chi connectivity index (χ1n) is 6.28. The van der Waals surface area contributed by atoms with Crippen LogP contribution in [0.25, 0.3) is 6.08 Å². The maximum Gasteiger partial charge on any atom is 0.127 e. The van der Waals surface area contributed by atoms with Crippen LogP contribution in [0, 0.1) is 0 Å². The van der Waals surface area contributed by atoms with Crippen molar-refractivity contribution in [3.8, 4) is 11.5 Å². The molecule has 0 aliphatic carbocycles. The van der Waals surface area contributed by atoms with Gasteiger partial charge in [-0.15, -0.1) is 0 Å². The van der Waals surface area contributed by atoms with Crippen LogP contribution in [0.15, 0.2) is 54.6 Å². The topological polar surface area (TPSA) is 61.3 Å². The average Bonchev–Trinajstić information content (AvgIpc) is 2.44. The van der Waals surface area contributed by atoms with Crippen molar-refractivity contribution in [1.29, 1.82) is 0 Å². The fourth-order valence-corrected chi connectivity index (χ4v) is 1.63. The lowest BCUT2D eigenvalue weighted by Gasteiger charge is -2.06. The van der Waals surface area contributed by atoms with Crippen LogP contribution in [0.1, 0.15) is 12.0 Å². The molecule has 3 nitrogen and oxygen atoms in total. The summed E-state index contributed by atoms with van der Waals surface area (Å²) >= 11 is 0. The van der Waals surface area contributed by atoms with E-state index in [9.17, 15) is 0 Å². The Morgan fingerprint density at radius 3 is 2.05 bits per heavy atom. The maximum atomic E-state index is 5.71. The number of hydrogen-bond acceptors (Lipinski definition) is 3. The fourth-order valence-electron chi connectivity index (χ4n) is 1.63. The summed E-state index contributed by atoms with van der Waals surface area (Å²) in [5, 5.41) is 0. The van der Waals surface area contributed by atoms with Crippen LogP contribution < -0.4 is 16.2 Å². The molecule has 0 amide bonds. The third-order valence-electron chi connectivity index (χ3n) is 2.64. The van der Waals surface area contributed by atoms with Crippen LogP contribution in [0.5, 0.6) is 11.5 Å². The molecule has 2 rings (SSSR count). The molecular weight excluding hydrogens is 236 g/mol. The Labute approximate surface area is 113 Å². The Bertz CT molecular complexity index is 530. The van der Waals surface area contributed by atoms with Crippen molar-refractivity contribution >= 4 is 11.8 Å². The van der Waals surface area contributed by atoms with Gasteiger partial charge in [-0.1, -0.05) is 24.3 Å². The van der Waals surface area contributed by atoms with Crippen molar-refractivity contribution in [2.24, 2.45) is 5.73 Å². The van der Waals surface area contributed by atoms with Gasteiger partial charge in [-0.25, -0.2) is 0 Å². The highest BCUT2D eigenvalue weighted by molar-refractivity contribution is 5.51. The van der Waals surface area contributed by atoms with Gasteiger partial charge in [0, 0.05) is 5.69 Å². The minimum atomic E-state index is 0.675. The summed E-state index contributed by atoms with van der Waals surface area (Å²) in [5.74, 6) is 1.58. The van der Waals surface area contributed by atoms with Gasteiger partial charge in [-0.2, -0.15) is 0 Å². The first-order chi connectivity index (χ1) is 9.28. The van der Waals surface area contributed by atoms with Gasteiger partial charge in [0.25, 0.3) is 0 Å². The second-order valence-corrected chi connectivity index (χ2v) is 4.22. The van der Waals surface area contributed by atoms with Crippen LogP contribution in [-0.2, 0) is 0 Å². The lowest BCUT2D eigenvalue weighted by molar-refractivity contribution is 0.483. The van der Waals surface area contributed by atoms with Crippen molar-refractivity contribution in [2.75, 3.05) is 12.3 Å². The van der Waals surface area contributed by atoms with Crippen molar-refractivity contribution < 1.29 is 4.74 Å². The molecule has 2 aromatic rings. The summed E-state index contributed by atoms with van der Waals surface area (Å²) in [6, 6.07) is 15.3. The number of nitrogens with two attached hydrogens (primary N) is 2. The number of hydrogen-bond donors (Lipinski definition) is 2. The van der Waals surface area contributed by atoms with Gasteiger partial charge >= 0.3 is 0 Å². The Hall–Kier alpha value is -2.26. The second-order valence-electron chi connectivity index (χ2n) is 4.22. The molecule has 4 N–H and O–H groups in total. The molecule has 98 valence electrons. The molecule has 0 heterocycles. The highest BCUT2D eigenvalue weighted by atomic mass is 16.5. The van der Waals surface area contributed by atoms with E-state index in [4.69, 9.17) is 16.2 Å². The maximum absolute atomic E-state index is 5.71. The van der Waals surface area contributed by atoms with Crippen LogP contribution in [-0.4, -0.2) is 6.54 Å². The molecule has 0 atom stereocenters. The number of ether oxygens (including phenoxy) is 1. The van der Waals surface area contributed by atoms with E-state index in [0.29, 0.717) is 6.54 Å². The molecule has 0 unspecified atom stereocenters. The summed E-state index contributed by atoms with van der Waals surface area (Å²) in [4.78, 5) is 0. The summed E-state index contributed by atoms with van der Waals surface area (Å²) < 4.78 is 5.71. The van der Waals surface area contributed by atoms with E-state index in [2.05, 4.69) is 12.2 Å². The van der Waals surface area contributed by atoms with E-state index >= 15 is 0 Å². The largest absolute Gasteiger partial charge is 0.457 e. The van der Waals surface area contributed by atoms with Gasteiger partial charge in [-0.3, -0.25) is 0 Å². The molecule has 0 saturated heterocycles. The van der Waals surface area contributed by atoms with Gasteiger partial charge in [-0.05, 0) is 54.9 Å². The van der Waals surface area contributed by atoms with E-state index in [0.717, 1.165) is 29.2 Å². The summed E-state index contributed by atoms with van der Waals surface area (Å²) in [7, 11) is 0. The molecule has 3 heteroatoms. The lowest BCUT2D eigenvalue weighted by Crippen LogP contribution is -1.94. The smallest absolute Gasteiger partial charge is 0.127 e. The number of nitrogen functional groups attached to an aromatic ring is 1. The predicted octanol–water partition coefficient (Wildman–Crippen LogP) is 3.42. The molecule has 0 bridgehead atoms. The first-order valence-corrected chi connectivity index (χ1v) is 6.28. The van der Waals surface area contributed by atoms with Crippen LogP contribution in [0.2, 0.25) is 0 Å². The minimum Gasteiger partial charge on any atom is -0.457 e. The molecule has 0 fully saturated rings. The van der Waals surface area contributed by atoms with Crippen molar-refractivity contribution in [3.05, 3.63) is 60.2 Å². The van der Waals surface area contributed by atoms with Gasteiger partial charge in [0.1, 0.15) is 11.5 Å². The first kappa shape index (κ1) is 13.2. The Kier molecular flexibility index (Phi) is 4.59. The quantitative estimate of drug-likeness (QED) is 0.804. The van der Waals surface area contributed by atoms with Crippen LogP contribution in [0.4, 0.5) is 5.69 Å². The molecule has 0 radical (unpaired) electrons. The van der Waals surface area contributed by atoms with Gasteiger partial charge in [0.15, 0.2) is 0 Å². The van der Waals surface area contributed by atoms with Gasteiger partial charge in [0.2, 0.25) is 0 Å². The molecule has 0 spiro atoms. The Morgan fingerprint density at radius 2 is 1.47 bits per heavy atom. The Morgan fingerprint density at radius 1 is 0.895 bits per heavy atom. The van der Waals surface area contributed by atoms with Crippen molar-refractivity contribution in [2.45, 2.75) is 6.42 Å². The molecule has 0 aliphatic rings. The van der Waals surface area contributed by atoms with E-state index in [1.807, 2.05) is 48.5 Å². The molecule has 19 heavy (non-hydrogen) atoms. The predicted molar refractivity (Wildman–Crippen MR) is 80.1 cm³/mol. The summed E-state index contributed by atoms with van der Waals surface area (Å²) in [6.07, 6.45) is 5.01. The second kappa shape index (κ2) is 6.61. The number of anilines is 1. The van der Waals surface area contributed by atoms with Crippen LogP contribution >= 0.6 is 0 Å². The number of benzene rings is 2. The monoisotopic (exact) mass is 254 g/mol. The minimum absolute atomic E-state index is 0.675. The third kappa shape index (κ3) is 4.16. The average molecular weight is 254 g/mol. The highest BCUT2D eigenvalue weighted by Crippen LogP contribution is 2.22. The van der Waals surface area contributed by atoms with E-state index < -0.39 is 0 Å². The van der Waals surface area contributed by atoms with Crippen molar-refractivity contribution in [3.63, 3.8) is 0 Å². The Balaban J connectivity index is 2.00. The normalized spacial score (nSPS) is 10.8. The lowest BCUT2D eigenvalue weighted by atomic mass is 10.2. The van der Waals surface area contributed by atoms with Crippen LogP contribution in [0.3, 0.4) is 0 Å². The number of rotatable bonds is 5. The third-order valence-corrected chi connectivity index (χ3v) is 2.64. The van der Waals surface area contributed by atoms with Gasteiger partial charge < -0.3 is 16.2 Å². The molecule has 0 saturated carbocycles. The van der Waals surface area contributed by atoms with Gasteiger partial charge in [0.05, 0.1) is 0 Å². The molecule has 0 aliphatic heterocycles. The summed E-state index contributed by atoms with van der Waals surface area (Å²) in [6.45, 7) is 0.675. The van der Waals surface area contributed by atoms with Crippen molar-refractivity contribution in [1.82, 2.24) is 0 Å². The fraction of sp³-hybridized carbons (Fsp3) is 0.125. The van der Waals surface area contributed by atoms with E-state index in [1.54, 1.807) is 0 Å². The molecular formula is C16H18N2O.